The normalized spacial score (nSPS) is 26.7. The summed E-state index contributed by atoms with van der Waals surface area (Å²) in [4.78, 5) is 16.2. The highest BCUT2D eigenvalue weighted by Gasteiger charge is 2.34. The van der Waals surface area contributed by atoms with Crippen molar-refractivity contribution in [3.05, 3.63) is 0 Å². The van der Waals surface area contributed by atoms with Crippen LogP contribution in [-0.4, -0.2) is 67.1 Å². The minimum absolute atomic E-state index is 0.272. The van der Waals surface area contributed by atoms with E-state index in [1.807, 2.05) is 13.8 Å². The average molecular weight is 242 g/mol. The zero-order chi connectivity index (χ0) is 13.1. The van der Waals surface area contributed by atoms with Crippen molar-refractivity contribution in [2.24, 2.45) is 5.73 Å². The minimum Gasteiger partial charge on any atom is -0.368 e. The summed E-state index contributed by atoms with van der Waals surface area (Å²) in [6.07, 6.45) is 0. The number of piperazine rings is 1. The van der Waals surface area contributed by atoms with E-state index in [1.54, 1.807) is 0 Å². The maximum Gasteiger partial charge on any atom is 0.238 e. The van der Waals surface area contributed by atoms with Crippen LogP contribution in [0.3, 0.4) is 0 Å². The molecule has 0 aromatic heterocycles. The number of nitrogens with zero attached hydrogens (tertiary/aromatic N) is 2. The molecule has 0 aromatic rings. The highest BCUT2D eigenvalue weighted by molar-refractivity contribution is 5.84. The number of hydrogen-bond donors (Lipinski definition) is 2. The molecule has 1 fully saturated rings. The van der Waals surface area contributed by atoms with Crippen LogP contribution in [0.2, 0.25) is 0 Å². The summed E-state index contributed by atoms with van der Waals surface area (Å²) >= 11 is 0. The van der Waals surface area contributed by atoms with E-state index >= 15 is 0 Å². The Balaban J connectivity index is 2.59. The second-order valence-corrected chi connectivity index (χ2v) is 5.29. The lowest BCUT2D eigenvalue weighted by Crippen LogP contribution is -2.62. The molecular formula is C12H26N4O. The Morgan fingerprint density at radius 2 is 2.18 bits per heavy atom. The molecule has 1 heterocycles. The Morgan fingerprint density at radius 1 is 1.53 bits per heavy atom. The molecule has 2 atom stereocenters. The second kappa shape index (κ2) is 5.80. The van der Waals surface area contributed by atoms with Crippen LogP contribution in [0.4, 0.5) is 0 Å². The van der Waals surface area contributed by atoms with Crippen molar-refractivity contribution < 1.29 is 4.79 Å². The SMILES string of the molecule is CCNC(C)(CN1CCN(C)C(C)C1)C(N)=O. The van der Waals surface area contributed by atoms with Gasteiger partial charge in [-0.1, -0.05) is 6.92 Å². The number of nitrogens with one attached hydrogen (secondary N) is 1. The van der Waals surface area contributed by atoms with Gasteiger partial charge in [0, 0.05) is 32.2 Å². The summed E-state index contributed by atoms with van der Waals surface area (Å²) in [5, 5.41) is 3.20. The van der Waals surface area contributed by atoms with Crippen molar-refractivity contribution in [3.63, 3.8) is 0 Å². The quantitative estimate of drug-likeness (QED) is 0.681. The molecule has 1 rings (SSSR count). The number of likely N-dealkylation sites (N-methyl/N-ethyl adjacent to an activating group) is 2. The zero-order valence-electron chi connectivity index (χ0n) is 11.5. The summed E-state index contributed by atoms with van der Waals surface area (Å²) in [5.74, 6) is -0.272. The molecule has 0 aliphatic carbocycles. The van der Waals surface area contributed by atoms with Crippen molar-refractivity contribution in [1.29, 1.82) is 0 Å². The van der Waals surface area contributed by atoms with Gasteiger partial charge in [-0.2, -0.15) is 0 Å². The molecule has 5 nitrogen and oxygen atoms in total. The van der Waals surface area contributed by atoms with E-state index in [2.05, 4.69) is 29.1 Å². The van der Waals surface area contributed by atoms with Gasteiger partial charge in [0.15, 0.2) is 0 Å². The molecule has 0 saturated carbocycles. The van der Waals surface area contributed by atoms with E-state index in [1.165, 1.54) is 0 Å². The van der Waals surface area contributed by atoms with Crippen LogP contribution in [-0.2, 0) is 4.79 Å². The molecule has 1 saturated heterocycles. The Hall–Kier alpha value is -0.650. The molecular weight excluding hydrogens is 216 g/mol. The van der Waals surface area contributed by atoms with Crippen molar-refractivity contribution in [3.8, 4) is 0 Å². The van der Waals surface area contributed by atoms with Crippen LogP contribution in [0.1, 0.15) is 20.8 Å². The standard InChI is InChI=1S/C12H26N4O/c1-5-14-12(3,11(13)17)9-16-7-6-15(4)10(2)8-16/h10,14H,5-9H2,1-4H3,(H2,13,17). The summed E-state index contributed by atoms with van der Waals surface area (Å²) < 4.78 is 0. The number of hydrogen-bond acceptors (Lipinski definition) is 4. The van der Waals surface area contributed by atoms with Crippen LogP contribution >= 0.6 is 0 Å². The molecule has 100 valence electrons. The first kappa shape index (κ1) is 14.4. The molecule has 0 bridgehead atoms. The van der Waals surface area contributed by atoms with Crippen LogP contribution in [0.5, 0.6) is 0 Å². The fourth-order valence-corrected chi connectivity index (χ4v) is 2.33. The number of nitrogens with two attached hydrogens (primary N) is 1. The molecule has 0 spiro atoms. The van der Waals surface area contributed by atoms with Gasteiger partial charge in [-0.3, -0.25) is 9.69 Å². The number of carbonyl (C=O) groups is 1. The Bertz CT molecular complexity index is 271. The van der Waals surface area contributed by atoms with Gasteiger partial charge in [-0.05, 0) is 27.4 Å². The number of rotatable bonds is 5. The average Bonchev–Trinajstić information content (AvgIpc) is 2.23. The van der Waals surface area contributed by atoms with Crippen molar-refractivity contribution in [1.82, 2.24) is 15.1 Å². The van der Waals surface area contributed by atoms with E-state index in [4.69, 9.17) is 5.73 Å². The first-order chi connectivity index (χ1) is 7.89. The molecule has 2 unspecified atom stereocenters. The van der Waals surface area contributed by atoms with Gasteiger partial charge in [0.2, 0.25) is 5.91 Å². The summed E-state index contributed by atoms with van der Waals surface area (Å²) in [6.45, 7) is 10.6. The van der Waals surface area contributed by atoms with Gasteiger partial charge < -0.3 is 16.0 Å². The van der Waals surface area contributed by atoms with E-state index in [9.17, 15) is 4.79 Å². The molecule has 1 aliphatic rings. The van der Waals surface area contributed by atoms with E-state index in [0.29, 0.717) is 12.6 Å². The van der Waals surface area contributed by atoms with Gasteiger partial charge in [0.05, 0.1) is 0 Å². The zero-order valence-corrected chi connectivity index (χ0v) is 11.5. The summed E-state index contributed by atoms with van der Waals surface area (Å²) in [5.41, 5.74) is 4.88. The molecule has 0 aromatic carbocycles. The highest BCUT2D eigenvalue weighted by Crippen LogP contribution is 2.12. The third kappa shape index (κ3) is 3.66. The molecule has 3 N–H and O–H groups in total. The van der Waals surface area contributed by atoms with Gasteiger partial charge in [-0.25, -0.2) is 0 Å². The van der Waals surface area contributed by atoms with Gasteiger partial charge in [0.25, 0.3) is 0 Å². The third-order valence-electron chi connectivity index (χ3n) is 3.69. The van der Waals surface area contributed by atoms with Crippen LogP contribution in [0, 0.1) is 0 Å². The minimum atomic E-state index is -0.621. The predicted octanol–water partition coefficient (Wildman–Crippen LogP) is -0.524. The predicted molar refractivity (Wildman–Crippen MR) is 69.8 cm³/mol. The molecule has 17 heavy (non-hydrogen) atoms. The number of carbonyl (C=O) groups excluding carboxylic acids is 1. The van der Waals surface area contributed by atoms with Crippen LogP contribution < -0.4 is 11.1 Å². The number of primary amides is 1. The second-order valence-electron chi connectivity index (χ2n) is 5.29. The number of amides is 1. The fourth-order valence-electron chi connectivity index (χ4n) is 2.33. The topological polar surface area (TPSA) is 61.6 Å². The Morgan fingerprint density at radius 3 is 2.65 bits per heavy atom. The van der Waals surface area contributed by atoms with E-state index in [-0.39, 0.29) is 5.91 Å². The fraction of sp³-hybridized carbons (Fsp3) is 0.917. The highest BCUT2D eigenvalue weighted by atomic mass is 16.1. The lowest BCUT2D eigenvalue weighted by molar-refractivity contribution is -0.124. The van der Waals surface area contributed by atoms with Crippen molar-refractivity contribution in [2.45, 2.75) is 32.4 Å². The molecule has 0 radical (unpaired) electrons. The smallest absolute Gasteiger partial charge is 0.238 e. The maximum atomic E-state index is 11.6. The van der Waals surface area contributed by atoms with Gasteiger partial charge in [-0.15, -0.1) is 0 Å². The summed E-state index contributed by atoms with van der Waals surface area (Å²) in [7, 11) is 2.14. The first-order valence-electron chi connectivity index (χ1n) is 6.36. The Labute approximate surface area is 104 Å². The lowest BCUT2D eigenvalue weighted by Gasteiger charge is -2.41. The Kier molecular flexibility index (Phi) is 4.91. The van der Waals surface area contributed by atoms with Gasteiger partial charge in [0.1, 0.15) is 5.54 Å². The third-order valence-corrected chi connectivity index (χ3v) is 3.69. The first-order valence-corrected chi connectivity index (χ1v) is 6.36. The van der Waals surface area contributed by atoms with E-state index in [0.717, 1.165) is 26.2 Å². The molecule has 1 amide bonds. The van der Waals surface area contributed by atoms with Crippen molar-refractivity contribution >= 4 is 5.91 Å². The van der Waals surface area contributed by atoms with E-state index < -0.39 is 5.54 Å². The maximum absolute atomic E-state index is 11.6. The lowest BCUT2D eigenvalue weighted by atomic mass is 9.99. The molecule has 1 aliphatic heterocycles. The summed E-state index contributed by atoms with van der Waals surface area (Å²) in [6, 6.07) is 0.530. The van der Waals surface area contributed by atoms with Crippen LogP contribution in [0.25, 0.3) is 0 Å². The molecule has 5 heteroatoms. The van der Waals surface area contributed by atoms with Crippen LogP contribution in [0.15, 0.2) is 0 Å². The monoisotopic (exact) mass is 242 g/mol. The largest absolute Gasteiger partial charge is 0.368 e. The van der Waals surface area contributed by atoms with Gasteiger partial charge >= 0.3 is 0 Å². The van der Waals surface area contributed by atoms with Crippen molar-refractivity contribution in [2.75, 3.05) is 39.8 Å².